The van der Waals surface area contributed by atoms with Gasteiger partial charge in [0.25, 0.3) is 0 Å². The van der Waals surface area contributed by atoms with Crippen molar-refractivity contribution in [3.63, 3.8) is 0 Å². The molecule has 3 nitrogen and oxygen atoms in total. The van der Waals surface area contributed by atoms with Gasteiger partial charge in [-0.2, -0.15) is 13.2 Å². The Morgan fingerprint density at radius 1 is 0.852 bits per heavy atom. The van der Waals surface area contributed by atoms with Crippen LogP contribution in [0.15, 0.2) is 71.6 Å². The van der Waals surface area contributed by atoms with Gasteiger partial charge in [0.2, 0.25) is 0 Å². The van der Waals surface area contributed by atoms with E-state index in [4.69, 9.17) is 0 Å². The van der Waals surface area contributed by atoms with Crippen molar-refractivity contribution < 1.29 is 26.1 Å². The van der Waals surface area contributed by atoms with Crippen LogP contribution in [0.3, 0.4) is 0 Å². The number of hydrogen-bond donors (Lipinski definition) is 0. The monoisotopic (exact) mass is 503 g/mol. The van der Waals surface area contributed by atoms with Gasteiger partial charge in [0.15, 0.2) is 0 Å². The Labute approximate surface area is 167 Å². The molecular formula is C19H11F3IO3S-. The van der Waals surface area contributed by atoms with E-state index in [2.05, 4.69) is 0 Å². The van der Waals surface area contributed by atoms with Gasteiger partial charge >= 0.3 is 6.18 Å². The number of alkyl halides is 3. The Balaban J connectivity index is 2.51. The van der Waals surface area contributed by atoms with E-state index < -0.39 is 26.8 Å². The standard InChI is InChI=1S/C19H12F3IO3S/c20-19(21,22)17-15(27(24,25)26)11-14(12-7-3-1-4-8-12)16(18(17)23)13-9-5-2-6-10-13/h1-11H,(H,24,25,26)/p-1. The molecule has 0 radical (unpaired) electrons. The highest BCUT2D eigenvalue weighted by Gasteiger charge is 2.39. The number of rotatable bonds is 3. The lowest BCUT2D eigenvalue weighted by Crippen LogP contribution is -2.16. The molecule has 0 aliphatic heterocycles. The second kappa shape index (κ2) is 7.25. The number of benzene rings is 3. The van der Waals surface area contributed by atoms with Crippen molar-refractivity contribution in [3.8, 4) is 22.3 Å². The van der Waals surface area contributed by atoms with Crippen LogP contribution in [0.5, 0.6) is 0 Å². The van der Waals surface area contributed by atoms with Crippen LogP contribution in [0.1, 0.15) is 5.56 Å². The molecule has 0 bridgehead atoms. The van der Waals surface area contributed by atoms with Crippen LogP contribution in [0.4, 0.5) is 13.2 Å². The van der Waals surface area contributed by atoms with Gasteiger partial charge in [0, 0.05) is 9.13 Å². The maximum absolute atomic E-state index is 13.7. The highest BCUT2D eigenvalue weighted by Crippen LogP contribution is 2.45. The molecule has 0 fully saturated rings. The molecule has 3 rings (SSSR count). The van der Waals surface area contributed by atoms with Gasteiger partial charge in [-0.25, -0.2) is 8.42 Å². The fraction of sp³-hybridized carbons (Fsp3) is 0.0526. The fourth-order valence-corrected chi connectivity index (χ4v) is 4.93. The number of halogens is 4. The zero-order valence-electron chi connectivity index (χ0n) is 13.5. The second-order valence-electron chi connectivity index (χ2n) is 5.67. The molecule has 27 heavy (non-hydrogen) atoms. The molecule has 0 saturated carbocycles. The maximum atomic E-state index is 13.7. The van der Waals surface area contributed by atoms with Crippen molar-refractivity contribution in [2.24, 2.45) is 0 Å². The first-order valence-electron chi connectivity index (χ1n) is 7.61. The van der Waals surface area contributed by atoms with Gasteiger partial charge < -0.3 is 4.55 Å². The van der Waals surface area contributed by atoms with Gasteiger partial charge in [-0.15, -0.1) is 0 Å². The summed E-state index contributed by atoms with van der Waals surface area (Å²) in [6, 6.07) is 17.5. The average molecular weight is 503 g/mol. The van der Waals surface area contributed by atoms with E-state index in [1.54, 1.807) is 60.7 Å². The van der Waals surface area contributed by atoms with Crippen LogP contribution in [0.2, 0.25) is 0 Å². The molecule has 3 aromatic carbocycles. The molecule has 0 N–H and O–H groups in total. The normalized spacial score (nSPS) is 12.2. The summed E-state index contributed by atoms with van der Waals surface area (Å²) in [6.45, 7) is 0. The topological polar surface area (TPSA) is 57.2 Å². The molecule has 0 spiro atoms. The molecule has 8 heteroatoms. The van der Waals surface area contributed by atoms with Crippen molar-refractivity contribution in [2.75, 3.05) is 0 Å². The first-order valence-corrected chi connectivity index (χ1v) is 10.1. The molecule has 0 heterocycles. The van der Waals surface area contributed by atoms with Crippen LogP contribution in [-0.4, -0.2) is 13.0 Å². The van der Waals surface area contributed by atoms with Crippen LogP contribution in [-0.2, 0) is 16.3 Å². The first-order chi connectivity index (χ1) is 12.6. The molecule has 0 atom stereocenters. The van der Waals surface area contributed by atoms with Crippen molar-refractivity contribution in [1.82, 2.24) is 0 Å². The molecule has 0 unspecified atom stereocenters. The van der Waals surface area contributed by atoms with Crippen LogP contribution < -0.4 is 0 Å². The third kappa shape index (κ3) is 4.02. The van der Waals surface area contributed by atoms with E-state index >= 15 is 0 Å². The highest BCUT2D eigenvalue weighted by molar-refractivity contribution is 14.1. The first kappa shape index (κ1) is 19.8. The van der Waals surface area contributed by atoms with E-state index in [9.17, 15) is 26.1 Å². The second-order valence-corrected chi connectivity index (χ2v) is 8.10. The molecule has 3 aromatic rings. The van der Waals surface area contributed by atoms with Gasteiger partial charge in [-0.05, 0) is 45.3 Å². The van der Waals surface area contributed by atoms with Crippen molar-refractivity contribution in [1.29, 1.82) is 0 Å². The molecule has 0 aromatic heterocycles. The fourth-order valence-electron chi connectivity index (χ4n) is 2.82. The predicted molar refractivity (Wildman–Crippen MR) is 103 cm³/mol. The van der Waals surface area contributed by atoms with Crippen LogP contribution in [0, 0.1) is 3.57 Å². The predicted octanol–water partition coefficient (Wildman–Crippen LogP) is 5.55. The van der Waals surface area contributed by atoms with Gasteiger partial charge in [-0.1, -0.05) is 60.7 Å². The summed E-state index contributed by atoms with van der Waals surface area (Å²) in [5.74, 6) is 0. The summed E-state index contributed by atoms with van der Waals surface area (Å²) in [5, 5.41) is 0. The Morgan fingerprint density at radius 3 is 1.78 bits per heavy atom. The lowest BCUT2D eigenvalue weighted by Gasteiger charge is -2.22. The Kier molecular flexibility index (Phi) is 5.33. The van der Waals surface area contributed by atoms with Crippen molar-refractivity contribution in [3.05, 3.63) is 75.9 Å². The largest absolute Gasteiger partial charge is 0.744 e. The molecular weight excluding hydrogens is 492 g/mol. The highest BCUT2D eigenvalue weighted by atomic mass is 127. The third-order valence-corrected chi connectivity index (χ3v) is 5.87. The van der Waals surface area contributed by atoms with Crippen LogP contribution in [0.25, 0.3) is 22.3 Å². The summed E-state index contributed by atoms with van der Waals surface area (Å²) >= 11 is 1.46. The lowest BCUT2D eigenvalue weighted by molar-refractivity contribution is -0.140. The zero-order valence-corrected chi connectivity index (χ0v) is 16.5. The molecule has 140 valence electrons. The summed E-state index contributed by atoms with van der Waals surface area (Å²) in [5.41, 5.74) is 0.0291. The Morgan fingerprint density at radius 2 is 1.33 bits per heavy atom. The van der Waals surface area contributed by atoms with Crippen LogP contribution >= 0.6 is 22.6 Å². The summed E-state index contributed by atoms with van der Waals surface area (Å²) in [7, 11) is -5.34. The molecule has 0 aliphatic rings. The van der Waals surface area contributed by atoms with Gasteiger partial charge in [0.1, 0.15) is 10.1 Å². The van der Waals surface area contributed by atoms with E-state index in [1.165, 1.54) is 22.6 Å². The van der Waals surface area contributed by atoms with E-state index in [0.717, 1.165) is 6.07 Å². The van der Waals surface area contributed by atoms with Gasteiger partial charge in [0.05, 0.1) is 10.5 Å². The van der Waals surface area contributed by atoms with Crippen molar-refractivity contribution in [2.45, 2.75) is 11.1 Å². The molecule has 0 amide bonds. The summed E-state index contributed by atoms with van der Waals surface area (Å²) < 4.78 is 75.5. The summed E-state index contributed by atoms with van der Waals surface area (Å²) in [6.07, 6.45) is -5.00. The third-order valence-electron chi connectivity index (χ3n) is 3.93. The number of hydrogen-bond acceptors (Lipinski definition) is 3. The van der Waals surface area contributed by atoms with E-state index in [-0.39, 0.29) is 14.7 Å². The maximum Gasteiger partial charge on any atom is 0.418 e. The summed E-state index contributed by atoms with van der Waals surface area (Å²) in [4.78, 5) is -1.27. The minimum absolute atomic E-state index is 0.224. The van der Waals surface area contributed by atoms with Gasteiger partial charge in [-0.3, -0.25) is 0 Å². The van der Waals surface area contributed by atoms with E-state index in [0.29, 0.717) is 11.1 Å². The smallest absolute Gasteiger partial charge is 0.418 e. The molecule has 0 aliphatic carbocycles. The SMILES string of the molecule is O=S(=O)([O-])c1cc(-c2ccccc2)c(-c2ccccc2)c(I)c1C(F)(F)F. The van der Waals surface area contributed by atoms with Crippen molar-refractivity contribution >= 4 is 32.7 Å². The minimum atomic E-state index is -5.34. The van der Waals surface area contributed by atoms with E-state index in [1.807, 2.05) is 0 Å². The minimum Gasteiger partial charge on any atom is -0.744 e. The Hall–Kier alpha value is -1.91. The lowest BCUT2D eigenvalue weighted by atomic mass is 9.92. The zero-order chi connectivity index (χ0) is 19.8. The quantitative estimate of drug-likeness (QED) is 0.348. The molecule has 0 saturated heterocycles. The Bertz CT molecular complexity index is 1080. The average Bonchev–Trinajstić information content (AvgIpc) is 2.60.